The van der Waals surface area contributed by atoms with Gasteiger partial charge in [-0.2, -0.15) is 0 Å². The highest BCUT2D eigenvalue weighted by Crippen LogP contribution is 2.08. The summed E-state index contributed by atoms with van der Waals surface area (Å²) in [6, 6.07) is 0. The lowest BCUT2D eigenvalue weighted by molar-refractivity contribution is 0.205. The molecule has 0 amide bonds. The van der Waals surface area contributed by atoms with Crippen molar-refractivity contribution in [3.05, 3.63) is 0 Å². The highest BCUT2D eigenvalue weighted by molar-refractivity contribution is 4.65. The normalized spacial score (nSPS) is 18.6. The van der Waals surface area contributed by atoms with E-state index in [0.29, 0.717) is 6.61 Å². The number of nitrogens with zero attached hydrogens (tertiary/aromatic N) is 2. The van der Waals surface area contributed by atoms with Crippen molar-refractivity contribution in [1.82, 2.24) is 9.80 Å². The molecular weight excluding hydrogens is 188 g/mol. The fourth-order valence-corrected chi connectivity index (χ4v) is 2.20. The van der Waals surface area contributed by atoms with Crippen LogP contribution >= 0.6 is 0 Å². The van der Waals surface area contributed by atoms with E-state index in [1.54, 1.807) is 0 Å². The predicted octanol–water partition coefficient (Wildman–Crippen LogP) is 1.18. The van der Waals surface area contributed by atoms with Crippen molar-refractivity contribution in [2.75, 3.05) is 46.4 Å². The molecule has 90 valence electrons. The lowest BCUT2D eigenvalue weighted by Crippen LogP contribution is -2.32. The molecule has 1 fully saturated rings. The molecule has 15 heavy (non-hydrogen) atoms. The standard InChI is InChI=1S/C12H26N2O/c1-13(8-6-12-15)7-5-11-14-9-3-2-4-10-14/h15H,2-12H2,1H3. The van der Waals surface area contributed by atoms with Crippen LogP contribution in [0.5, 0.6) is 0 Å². The van der Waals surface area contributed by atoms with Crippen LogP contribution in [0.15, 0.2) is 0 Å². The van der Waals surface area contributed by atoms with E-state index < -0.39 is 0 Å². The highest BCUT2D eigenvalue weighted by Gasteiger charge is 2.09. The van der Waals surface area contributed by atoms with Crippen LogP contribution in [0.4, 0.5) is 0 Å². The molecule has 0 aromatic carbocycles. The highest BCUT2D eigenvalue weighted by atomic mass is 16.3. The van der Waals surface area contributed by atoms with Crippen LogP contribution in [0.1, 0.15) is 32.1 Å². The Morgan fingerprint density at radius 3 is 2.40 bits per heavy atom. The summed E-state index contributed by atoms with van der Waals surface area (Å²) in [6.45, 7) is 6.37. The number of hydrogen-bond acceptors (Lipinski definition) is 3. The molecule has 1 aliphatic rings. The first kappa shape index (κ1) is 12.9. The molecule has 0 bridgehead atoms. The van der Waals surface area contributed by atoms with Crippen molar-refractivity contribution in [3.63, 3.8) is 0 Å². The summed E-state index contributed by atoms with van der Waals surface area (Å²) in [4.78, 5) is 4.91. The molecule has 0 aliphatic carbocycles. The molecule has 1 rings (SSSR count). The first-order valence-electron chi connectivity index (χ1n) is 6.34. The van der Waals surface area contributed by atoms with Gasteiger partial charge < -0.3 is 14.9 Å². The van der Waals surface area contributed by atoms with Crippen LogP contribution in [0.25, 0.3) is 0 Å². The molecule has 1 N–H and O–H groups in total. The van der Waals surface area contributed by atoms with E-state index in [2.05, 4.69) is 16.8 Å². The monoisotopic (exact) mass is 214 g/mol. The average molecular weight is 214 g/mol. The maximum Gasteiger partial charge on any atom is 0.0443 e. The largest absolute Gasteiger partial charge is 0.396 e. The van der Waals surface area contributed by atoms with Gasteiger partial charge in [-0.25, -0.2) is 0 Å². The van der Waals surface area contributed by atoms with E-state index in [-0.39, 0.29) is 0 Å². The van der Waals surface area contributed by atoms with Gasteiger partial charge in [-0.05, 0) is 58.9 Å². The van der Waals surface area contributed by atoms with Crippen molar-refractivity contribution < 1.29 is 5.11 Å². The van der Waals surface area contributed by atoms with Crippen LogP contribution < -0.4 is 0 Å². The van der Waals surface area contributed by atoms with Gasteiger partial charge in [-0.1, -0.05) is 6.42 Å². The van der Waals surface area contributed by atoms with Gasteiger partial charge in [0.1, 0.15) is 0 Å². The van der Waals surface area contributed by atoms with Gasteiger partial charge in [0, 0.05) is 13.2 Å². The van der Waals surface area contributed by atoms with Crippen LogP contribution in [-0.2, 0) is 0 Å². The minimum atomic E-state index is 0.316. The number of aliphatic hydroxyl groups excluding tert-OH is 1. The molecule has 0 saturated carbocycles. The summed E-state index contributed by atoms with van der Waals surface area (Å²) in [7, 11) is 2.14. The zero-order valence-electron chi connectivity index (χ0n) is 10.1. The van der Waals surface area contributed by atoms with Gasteiger partial charge in [0.15, 0.2) is 0 Å². The smallest absolute Gasteiger partial charge is 0.0443 e. The molecule has 3 nitrogen and oxygen atoms in total. The fourth-order valence-electron chi connectivity index (χ4n) is 2.20. The van der Waals surface area contributed by atoms with Crippen LogP contribution in [-0.4, -0.2) is 61.3 Å². The topological polar surface area (TPSA) is 26.7 Å². The van der Waals surface area contributed by atoms with Crippen molar-refractivity contribution >= 4 is 0 Å². The quantitative estimate of drug-likeness (QED) is 0.689. The Morgan fingerprint density at radius 2 is 1.73 bits per heavy atom. The Labute approximate surface area is 94.1 Å². The van der Waals surface area contributed by atoms with Gasteiger partial charge >= 0.3 is 0 Å². The molecule has 0 radical (unpaired) electrons. The van der Waals surface area contributed by atoms with E-state index in [0.717, 1.165) is 19.5 Å². The van der Waals surface area contributed by atoms with Crippen molar-refractivity contribution in [2.45, 2.75) is 32.1 Å². The Bertz CT molecular complexity index is 147. The predicted molar refractivity (Wildman–Crippen MR) is 64.1 cm³/mol. The Morgan fingerprint density at radius 1 is 1.07 bits per heavy atom. The van der Waals surface area contributed by atoms with Gasteiger partial charge in [0.05, 0.1) is 0 Å². The summed E-state index contributed by atoms with van der Waals surface area (Å²) in [5.74, 6) is 0. The Balaban J connectivity index is 1.94. The number of likely N-dealkylation sites (tertiary alicyclic amines) is 1. The van der Waals surface area contributed by atoms with Gasteiger partial charge in [-0.15, -0.1) is 0 Å². The maximum atomic E-state index is 8.71. The number of piperidine rings is 1. The van der Waals surface area contributed by atoms with Gasteiger partial charge in [-0.3, -0.25) is 0 Å². The molecule has 3 heteroatoms. The molecule has 0 aromatic rings. The van der Waals surface area contributed by atoms with Crippen LogP contribution in [0, 0.1) is 0 Å². The summed E-state index contributed by atoms with van der Waals surface area (Å²) in [6.07, 6.45) is 6.37. The summed E-state index contributed by atoms with van der Waals surface area (Å²) >= 11 is 0. The fraction of sp³-hybridized carbons (Fsp3) is 1.00. The maximum absolute atomic E-state index is 8.71. The van der Waals surface area contributed by atoms with Crippen molar-refractivity contribution in [3.8, 4) is 0 Å². The van der Waals surface area contributed by atoms with E-state index in [1.807, 2.05) is 0 Å². The molecular formula is C12H26N2O. The van der Waals surface area contributed by atoms with Crippen LogP contribution in [0.2, 0.25) is 0 Å². The number of aliphatic hydroxyl groups is 1. The second-order valence-corrected chi connectivity index (χ2v) is 4.64. The third-order valence-corrected chi connectivity index (χ3v) is 3.16. The Hall–Kier alpha value is -0.120. The number of rotatable bonds is 7. The summed E-state index contributed by atoms with van der Waals surface area (Å²) in [5, 5.41) is 8.71. The zero-order valence-corrected chi connectivity index (χ0v) is 10.1. The first-order valence-corrected chi connectivity index (χ1v) is 6.34. The van der Waals surface area contributed by atoms with Gasteiger partial charge in [0.2, 0.25) is 0 Å². The minimum absolute atomic E-state index is 0.316. The molecule has 0 spiro atoms. The van der Waals surface area contributed by atoms with E-state index in [4.69, 9.17) is 5.11 Å². The summed E-state index contributed by atoms with van der Waals surface area (Å²) < 4.78 is 0. The second-order valence-electron chi connectivity index (χ2n) is 4.64. The van der Waals surface area contributed by atoms with Gasteiger partial charge in [0.25, 0.3) is 0 Å². The Kier molecular flexibility index (Phi) is 6.98. The third-order valence-electron chi connectivity index (χ3n) is 3.16. The van der Waals surface area contributed by atoms with E-state index in [1.165, 1.54) is 45.3 Å². The number of hydrogen-bond donors (Lipinski definition) is 1. The second kappa shape index (κ2) is 8.08. The third kappa shape index (κ3) is 6.13. The SMILES string of the molecule is CN(CCCO)CCCN1CCCCC1. The molecule has 0 atom stereocenters. The van der Waals surface area contributed by atoms with E-state index in [9.17, 15) is 0 Å². The molecule has 1 saturated heterocycles. The van der Waals surface area contributed by atoms with Crippen molar-refractivity contribution in [1.29, 1.82) is 0 Å². The zero-order chi connectivity index (χ0) is 10.9. The van der Waals surface area contributed by atoms with Crippen LogP contribution in [0.3, 0.4) is 0 Å². The molecule has 0 unspecified atom stereocenters. The average Bonchev–Trinajstić information content (AvgIpc) is 2.28. The molecule has 1 aliphatic heterocycles. The lowest BCUT2D eigenvalue weighted by atomic mass is 10.1. The molecule has 0 aromatic heterocycles. The van der Waals surface area contributed by atoms with Crippen molar-refractivity contribution in [2.24, 2.45) is 0 Å². The van der Waals surface area contributed by atoms with E-state index >= 15 is 0 Å². The minimum Gasteiger partial charge on any atom is -0.396 e. The molecule has 1 heterocycles. The first-order chi connectivity index (χ1) is 7.33. The summed E-state index contributed by atoms with van der Waals surface area (Å²) in [5.41, 5.74) is 0. The lowest BCUT2D eigenvalue weighted by Gasteiger charge is -2.27.